The Kier molecular flexibility index (Phi) is 5.77. The summed E-state index contributed by atoms with van der Waals surface area (Å²) < 4.78 is 1.76. The molecule has 1 aromatic carbocycles. The maximum absolute atomic E-state index is 12.5. The fourth-order valence-corrected chi connectivity index (χ4v) is 3.79. The van der Waals surface area contributed by atoms with E-state index in [1.807, 2.05) is 30.3 Å². The molecule has 20 heavy (non-hydrogen) atoms. The Morgan fingerprint density at radius 2 is 1.95 bits per heavy atom. The van der Waals surface area contributed by atoms with Gasteiger partial charge in [0.05, 0.1) is 15.3 Å². The van der Waals surface area contributed by atoms with Gasteiger partial charge >= 0.3 is 0 Å². The van der Waals surface area contributed by atoms with Crippen LogP contribution in [-0.4, -0.2) is 29.1 Å². The van der Waals surface area contributed by atoms with E-state index >= 15 is 0 Å². The molecule has 0 radical (unpaired) electrons. The van der Waals surface area contributed by atoms with Crippen LogP contribution >= 0.6 is 43.2 Å². The third kappa shape index (κ3) is 3.91. The molecule has 0 unspecified atom stereocenters. The standard InChI is InChI=1S/C14H13Br2NO2S/c15-11-8-12(20-13(11)16)14(19)17(6-7-18)9-10-4-2-1-3-5-10/h1-5,8,18H,6-7,9H2. The molecule has 106 valence electrons. The Morgan fingerprint density at radius 1 is 1.25 bits per heavy atom. The lowest BCUT2D eigenvalue weighted by atomic mass is 10.2. The van der Waals surface area contributed by atoms with Gasteiger partial charge in [-0.1, -0.05) is 30.3 Å². The van der Waals surface area contributed by atoms with Crippen LogP contribution in [0.2, 0.25) is 0 Å². The van der Waals surface area contributed by atoms with Crippen molar-refractivity contribution in [1.82, 2.24) is 4.90 Å². The van der Waals surface area contributed by atoms with Crippen molar-refractivity contribution in [3.63, 3.8) is 0 Å². The first-order valence-corrected chi connectivity index (χ1v) is 8.41. The zero-order valence-electron chi connectivity index (χ0n) is 10.6. The van der Waals surface area contributed by atoms with E-state index in [4.69, 9.17) is 5.11 Å². The molecular weight excluding hydrogens is 406 g/mol. The number of hydrogen-bond acceptors (Lipinski definition) is 3. The molecule has 1 aromatic heterocycles. The van der Waals surface area contributed by atoms with Gasteiger partial charge in [0.15, 0.2) is 0 Å². The summed E-state index contributed by atoms with van der Waals surface area (Å²) in [6, 6.07) is 11.6. The van der Waals surface area contributed by atoms with Gasteiger partial charge in [0, 0.05) is 17.6 Å². The van der Waals surface area contributed by atoms with Crippen LogP contribution in [-0.2, 0) is 6.54 Å². The lowest BCUT2D eigenvalue weighted by Crippen LogP contribution is -2.32. The van der Waals surface area contributed by atoms with Crippen molar-refractivity contribution >= 4 is 49.1 Å². The van der Waals surface area contributed by atoms with Crippen LogP contribution in [0.4, 0.5) is 0 Å². The number of carbonyl (C=O) groups is 1. The van der Waals surface area contributed by atoms with Crippen molar-refractivity contribution in [1.29, 1.82) is 0 Å². The predicted octanol–water partition coefficient (Wildman–Crippen LogP) is 3.91. The van der Waals surface area contributed by atoms with E-state index in [1.54, 1.807) is 11.0 Å². The maximum Gasteiger partial charge on any atom is 0.264 e. The molecule has 3 nitrogen and oxygen atoms in total. The van der Waals surface area contributed by atoms with Gasteiger partial charge in [-0.15, -0.1) is 11.3 Å². The topological polar surface area (TPSA) is 40.5 Å². The number of benzene rings is 1. The molecule has 1 amide bonds. The Bertz CT molecular complexity index is 567. The smallest absolute Gasteiger partial charge is 0.264 e. The van der Waals surface area contributed by atoms with Gasteiger partial charge < -0.3 is 10.0 Å². The van der Waals surface area contributed by atoms with Gasteiger partial charge in [-0.25, -0.2) is 0 Å². The third-order valence-electron chi connectivity index (χ3n) is 2.73. The minimum Gasteiger partial charge on any atom is -0.395 e. The average molecular weight is 419 g/mol. The molecule has 0 bridgehead atoms. The van der Waals surface area contributed by atoms with Crippen LogP contribution in [0.1, 0.15) is 15.2 Å². The summed E-state index contributed by atoms with van der Waals surface area (Å²) in [4.78, 5) is 14.8. The molecule has 0 spiro atoms. The monoisotopic (exact) mass is 417 g/mol. The van der Waals surface area contributed by atoms with Crippen LogP contribution in [0.25, 0.3) is 0 Å². The summed E-state index contributed by atoms with van der Waals surface area (Å²) in [7, 11) is 0. The molecule has 1 heterocycles. The maximum atomic E-state index is 12.5. The Hall–Kier alpha value is -0.690. The zero-order chi connectivity index (χ0) is 14.5. The predicted molar refractivity (Wildman–Crippen MR) is 88.0 cm³/mol. The van der Waals surface area contributed by atoms with E-state index in [1.165, 1.54) is 11.3 Å². The van der Waals surface area contributed by atoms with Crippen LogP contribution in [0, 0.1) is 0 Å². The second-order valence-corrected chi connectivity index (χ2v) is 7.39. The van der Waals surface area contributed by atoms with E-state index in [-0.39, 0.29) is 12.5 Å². The summed E-state index contributed by atoms with van der Waals surface area (Å²) >= 11 is 8.16. The molecule has 0 saturated carbocycles. The number of nitrogens with zero attached hydrogens (tertiary/aromatic N) is 1. The molecule has 0 aliphatic carbocycles. The number of carbonyl (C=O) groups excluding carboxylic acids is 1. The molecule has 2 rings (SSSR count). The van der Waals surface area contributed by atoms with Crippen LogP contribution in [0.3, 0.4) is 0 Å². The van der Waals surface area contributed by atoms with Crippen molar-refractivity contribution in [3.8, 4) is 0 Å². The van der Waals surface area contributed by atoms with E-state index in [9.17, 15) is 4.79 Å². The van der Waals surface area contributed by atoms with Crippen LogP contribution in [0.5, 0.6) is 0 Å². The molecule has 0 aliphatic rings. The second-order valence-electron chi connectivity index (χ2n) is 4.17. The van der Waals surface area contributed by atoms with Gasteiger partial charge in [-0.2, -0.15) is 0 Å². The number of amides is 1. The highest BCUT2D eigenvalue weighted by Crippen LogP contribution is 2.33. The zero-order valence-corrected chi connectivity index (χ0v) is 14.5. The summed E-state index contributed by atoms with van der Waals surface area (Å²) in [5.74, 6) is -0.0701. The number of aliphatic hydroxyl groups is 1. The lowest BCUT2D eigenvalue weighted by molar-refractivity contribution is 0.0712. The molecule has 0 atom stereocenters. The van der Waals surface area contributed by atoms with Crippen LogP contribution in [0.15, 0.2) is 44.7 Å². The van der Waals surface area contributed by atoms with E-state index < -0.39 is 0 Å². The average Bonchev–Trinajstić information content (AvgIpc) is 2.78. The highest BCUT2D eigenvalue weighted by Gasteiger charge is 2.19. The van der Waals surface area contributed by atoms with Crippen molar-refractivity contribution in [3.05, 3.63) is 55.1 Å². The van der Waals surface area contributed by atoms with Crippen molar-refractivity contribution in [2.24, 2.45) is 0 Å². The summed E-state index contributed by atoms with van der Waals surface area (Å²) in [6.07, 6.45) is 0. The molecule has 6 heteroatoms. The molecule has 0 aliphatic heterocycles. The first-order valence-electron chi connectivity index (χ1n) is 6.00. The first-order chi connectivity index (χ1) is 9.61. The van der Waals surface area contributed by atoms with Crippen molar-refractivity contribution < 1.29 is 9.90 Å². The number of aliphatic hydroxyl groups excluding tert-OH is 1. The highest BCUT2D eigenvalue weighted by atomic mass is 79.9. The highest BCUT2D eigenvalue weighted by molar-refractivity contribution is 9.13. The lowest BCUT2D eigenvalue weighted by Gasteiger charge is -2.21. The van der Waals surface area contributed by atoms with Gasteiger partial charge in [0.2, 0.25) is 0 Å². The van der Waals surface area contributed by atoms with E-state index in [0.29, 0.717) is 18.0 Å². The summed E-state index contributed by atoms with van der Waals surface area (Å²) in [6.45, 7) is 0.764. The van der Waals surface area contributed by atoms with E-state index in [2.05, 4.69) is 31.9 Å². The SMILES string of the molecule is O=C(c1cc(Br)c(Br)s1)N(CCO)Cc1ccccc1. The van der Waals surface area contributed by atoms with Gasteiger partial charge in [0.1, 0.15) is 0 Å². The Labute approximate surface area is 138 Å². The van der Waals surface area contributed by atoms with Gasteiger partial charge in [-0.05, 0) is 43.5 Å². The van der Waals surface area contributed by atoms with Gasteiger partial charge in [-0.3, -0.25) is 4.79 Å². The molecule has 2 aromatic rings. The summed E-state index contributed by atoms with van der Waals surface area (Å²) in [5, 5.41) is 9.16. The second kappa shape index (κ2) is 7.36. The Morgan fingerprint density at radius 3 is 2.50 bits per heavy atom. The van der Waals surface area contributed by atoms with Gasteiger partial charge in [0.25, 0.3) is 5.91 Å². The number of thiophene rings is 1. The van der Waals surface area contributed by atoms with Crippen LogP contribution < -0.4 is 0 Å². The van der Waals surface area contributed by atoms with Crippen molar-refractivity contribution in [2.75, 3.05) is 13.2 Å². The largest absolute Gasteiger partial charge is 0.395 e. The molecular formula is C14H13Br2NO2S. The molecule has 1 N–H and O–H groups in total. The van der Waals surface area contributed by atoms with E-state index in [0.717, 1.165) is 13.8 Å². The minimum atomic E-state index is -0.0701. The molecule has 0 saturated heterocycles. The minimum absolute atomic E-state index is 0.0493. The first kappa shape index (κ1) is 15.7. The number of halogens is 2. The van der Waals surface area contributed by atoms with Crippen molar-refractivity contribution in [2.45, 2.75) is 6.54 Å². The number of rotatable bonds is 5. The third-order valence-corrected chi connectivity index (χ3v) is 5.97. The number of hydrogen-bond donors (Lipinski definition) is 1. The molecule has 0 fully saturated rings. The quantitative estimate of drug-likeness (QED) is 0.799. The normalized spacial score (nSPS) is 10.6. The fourth-order valence-electron chi connectivity index (χ4n) is 1.78. The Balaban J connectivity index is 2.17. The summed E-state index contributed by atoms with van der Waals surface area (Å²) in [5.41, 5.74) is 1.05. The fraction of sp³-hybridized carbons (Fsp3) is 0.214.